The van der Waals surface area contributed by atoms with Crippen LogP contribution in [0.4, 0.5) is 5.95 Å². The van der Waals surface area contributed by atoms with Crippen LogP contribution in [0.15, 0.2) is 42.3 Å². The molecule has 0 unspecified atom stereocenters. The van der Waals surface area contributed by atoms with Crippen molar-refractivity contribution in [2.24, 2.45) is 0 Å². The van der Waals surface area contributed by atoms with Gasteiger partial charge >= 0.3 is 0 Å². The van der Waals surface area contributed by atoms with E-state index in [-0.39, 0.29) is 5.91 Å². The highest BCUT2D eigenvalue weighted by Gasteiger charge is 2.29. The second kappa shape index (κ2) is 13.0. The Balaban J connectivity index is 1.28. The molecule has 196 valence electrons. The van der Waals surface area contributed by atoms with Crippen molar-refractivity contribution < 1.29 is 9.53 Å². The lowest BCUT2D eigenvalue weighted by Crippen LogP contribution is -2.52. The highest BCUT2D eigenvalue weighted by atomic mass is 16.5. The summed E-state index contributed by atoms with van der Waals surface area (Å²) in [5.74, 6) is 1.82. The van der Waals surface area contributed by atoms with Gasteiger partial charge in [0.15, 0.2) is 0 Å². The number of fused-ring (bicyclic) bond motifs is 1. The summed E-state index contributed by atoms with van der Waals surface area (Å²) in [6.07, 6.45) is 15.8. The van der Waals surface area contributed by atoms with E-state index in [1.807, 2.05) is 36.2 Å². The summed E-state index contributed by atoms with van der Waals surface area (Å²) in [6, 6.07) is 0.807. The van der Waals surface area contributed by atoms with E-state index in [0.29, 0.717) is 19.6 Å². The predicted molar refractivity (Wildman–Crippen MR) is 145 cm³/mol. The second-order valence-electron chi connectivity index (χ2n) is 10.1. The number of hydrogen-bond acceptors (Lipinski definition) is 6. The molecule has 0 radical (unpaired) electrons. The molecule has 0 aromatic carbocycles. The number of nitrogens with zero attached hydrogens (tertiary/aromatic N) is 5. The van der Waals surface area contributed by atoms with Crippen LogP contribution in [0.1, 0.15) is 63.6 Å². The number of piperazine rings is 1. The minimum Gasteiger partial charge on any atom is -0.494 e. The molecule has 7 heteroatoms. The van der Waals surface area contributed by atoms with Crippen LogP contribution < -0.4 is 4.90 Å². The number of rotatable bonds is 10. The molecule has 0 bridgehead atoms. The molecular formula is C29H43N5O2. The first kappa shape index (κ1) is 26.4. The fourth-order valence-corrected chi connectivity index (χ4v) is 5.21. The summed E-state index contributed by atoms with van der Waals surface area (Å²) in [4.78, 5) is 29.5. The van der Waals surface area contributed by atoms with Gasteiger partial charge in [0.25, 0.3) is 0 Å². The molecule has 1 aromatic rings. The topological polar surface area (TPSA) is 61.8 Å². The van der Waals surface area contributed by atoms with Crippen LogP contribution in [0.5, 0.6) is 0 Å². The monoisotopic (exact) mass is 493 g/mol. The van der Waals surface area contributed by atoms with E-state index in [1.165, 1.54) is 24.8 Å². The number of hydrogen-bond donors (Lipinski definition) is 0. The smallest absolute Gasteiger partial charge is 0.226 e. The summed E-state index contributed by atoms with van der Waals surface area (Å²) < 4.78 is 5.71. The molecule has 1 saturated carbocycles. The van der Waals surface area contributed by atoms with Crippen LogP contribution >= 0.6 is 0 Å². The zero-order valence-electron chi connectivity index (χ0n) is 22.3. The average molecular weight is 494 g/mol. The molecule has 3 heterocycles. The molecule has 1 amide bonds. The number of carbonyl (C=O) groups is 1. The zero-order valence-corrected chi connectivity index (χ0v) is 22.3. The molecule has 4 rings (SSSR count). The van der Waals surface area contributed by atoms with Gasteiger partial charge in [-0.05, 0) is 49.8 Å². The third-order valence-electron chi connectivity index (χ3n) is 7.63. The highest BCUT2D eigenvalue weighted by Crippen LogP contribution is 2.26. The third-order valence-corrected chi connectivity index (χ3v) is 7.63. The fourth-order valence-electron chi connectivity index (χ4n) is 5.21. The Hall–Kier alpha value is -2.67. The van der Waals surface area contributed by atoms with Gasteiger partial charge in [-0.2, -0.15) is 0 Å². The van der Waals surface area contributed by atoms with Crippen LogP contribution in [0.2, 0.25) is 0 Å². The van der Waals surface area contributed by atoms with E-state index in [2.05, 4.69) is 23.3 Å². The van der Waals surface area contributed by atoms with Gasteiger partial charge in [0.2, 0.25) is 11.9 Å². The van der Waals surface area contributed by atoms with Gasteiger partial charge < -0.3 is 14.5 Å². The standard InChI is InChI=1S/C29H43N5O2/c1-4-9-23(3)27(36-5-2)12-6-7-13-28(35)33-16-14-24-22-30-29(31-26(24)15-17-33)34-20-18-32(19-21-34)25-10-8-11-25/h6-7,12,22,25H,3-5,8-11,13-21H2,1-2H3/b7-6+,27-12+. The Morgan fingerprint density at radius 2 is 1.92 bits per heavy atom. The molecule has 0 atom stereocenters. The molecule has 36 heavy (non-hydrogen) atoms. The number of carbonyl (C=O) groups excluding carboxylic acids is 1. The van der Waals surface area contributed by atoms with Gasteiger partial charge in [-0.25, -0.2) is 9.97 Å². The molecule has 7 nitrogen and oxygen atoms in total. The number of aromatic nitrogens is 2. The summed E-state index contributed by atoms with van der Waals surface area (Å²) >= 11 is 0. The maximum atomic E-state index is 12.9. The maximum absolute atomic E-state index is 12.9. The minimum absolute atomic E-state index is 0.151. The van der Waals surface area contributed by atoms with Crippen LogP contribution in [-0.4, -0.2) is 77.6 Å². The van der Waals surface area contributed by atoms with E-state index >= 15 is 0 Å². The molecule has 1 aliphatic carbocycles. The highest BCUT2D eigenvalue weighted by molar-refractivity contribution is 5.77. The Labute approximate surface area is 216 Å². The lowest BCUT2D eigenvalue weighted by atomic mass is 9.91. The van der Waals surface area contributed by atoms with Gasteiger partial charge in [0, 0.05) is 64.3 Å². The second-order valence-corrected chi connectivity index (χ2v) is 10.1. The largest absolute Gasteiger partial charge is 0.494 e. The first-order valence-corrected chi connectivity index (χ1v) is 13.9. The Morgan fingerprint density at radius 3 is 2.61 bits per heavy atom. The predicted octanol–water partition coefficient (Wildman–Crippen LogP) is 4.30. The molecule has 0 spiro atoms. The molecule has 2 aliphatic heterocycles. The lowest BCUT2D eigenvalue weighted by molar-refractivity contribution is -0.130. The molecule has 3 aliphatic rings. The molecular weight excluding hydrogens is 450 g/mol. The van der Waals surface area contributed by atoms with Gasteiger partial charge in [-0.15, -0.1) is 0 Å². The third kappa shape index (κ3) is 6.75. The Kier molecular flexibility index (Phi) is 9.56. The van der Waals surface area contributed by atoms with Crippen molar-refractivity contribution in [1.82, 2.24) is 19.8 Å². The number of ether oxygens (including phenoxy) is 1. The molecule has 1 aromatic heterocycles. The lowest BCUT2D eigenvalue weighted by Gasteiger charge is -2.43. The molecule has 2 fully saturated rings. The van der Waals surface area contributed by atoms with E-state index in [9.17, 15) is 4.79 Å². The number of allylic oxidation sites excluding steroid dienone is 3. The summed E-state index contributed by atoms with van der Waals surface area (Å²) in [5, 5.41) is 0. The van der Waals surface area contributed by atoms with Gasteiger partial charge in [-0.1, -0.05) is 38.5 Å². The van der Waals surface area contributed by atoms with E-state index < -0.39 is 0 Å². The van der Waals surface area contributed by atoms with Gasteiger partial charge in [-0.3, -0.25) is 9.69 Å². The SMILES string of the molecule is C=C(CCC)/C(=C\C=C\CC(=O)N1CCc2cnc(N3CCN(C4CCC4)CC3)nc2CC1)OCC. The first-order chi connectivity index (χ1) is 17.6. The van der Waals surface area contributed by atoms with Crippen molar-refractivity contribution in [2.75, 3.05) is 50.8 Å². The zero-order chi connectivity index (χ0) is 25.3. The van der Waals surface area contributed by atoms with Gasteiger partial charge in [0.1, 0.15) is 5.76 Å². The van der Waals surface area contributed by atoms with E-state index in [4.69, 9.17) is 14.7 Å². The normalized spacial score (nSPS) is 19.7. The summed E-state index contributed by atoms with van der Waals surface area (Å²) in [7, 11) is 0. The van der Waals surface area contributed by atoms with Crippen molar-refractivity contribution in [3.05, 3.63) is 53.6 Å². The number of anilines is 1. The molecule has 1 saturated heterocycles. The van der Waals surface area contributed by atoms with Crippen molar-refractivity contribution in [1.29, 1.82) is 0 Å². The Bertz CT molecular complexity index is 960. The van der Waals surface area contributed by atoms with E-state index in [1.54, 1.807) is 0 Å². The van der Waals surface area contributed by atoms with Crippen LogP contribution in [0, 0.1) is 0 Å². The van der Waals surface area contributed by atoms with Crippen molar-refractivity contribution in [3.63, 3.8) is 0 Å². The van der Waals surface area contributed by atoms with Crippen LogP contribution in [-0.2, 0) is 22.4 Å². The molecule has 0 N–H and O–H groups in total. The van der Waals surface area contributed by atoms with Crippen molar-refractivity contribution in [3.8, 4) is 0 Å². The number of amides is 1. The van der Waals surface area contributed by atoms with Crippen LogP contribution in [0.25, 0.3) is 0 Å². The van der Waals surface area contributed by atoms with E-state index in [0.717, 1.165) is 87.4 Å². The maximum Gasteiger partial charge on any atom is 0.226 e. The summed E-state index contributed by atoms with van der Waals surface area (Å²) in [6.45, 7) is 14.5. The van der Waals surface area contributed by atoms with Crippen LogP contribution in [0.3, 0.4) is 0 Å². The van der Waals surface area contributed by atoms with Gasteiger partial charge in [0.05, 0.1) is 12.3 Å². The minimum atomic E-state index is 0.151. The fraction of sp³-hybridized carbons (Fsp3) is 0.621. The summed E-state index contributed by atoms with van der Waals surface area (Å²) in [5.41, 5.74) is 3.28. The quantitative estimate of drug-likeness (QED) is 0.358. The van der Waals surface area contributed by atoms with Crippen molar-refractivity contribution in [2.45, 2.75) is 71.3 Å². The average Bonchev–Trinajstić information content (AvgIpc) is 3.07. The first-order valence-electron chi connectivity index (χ1n) is 13.9. The Morgan fingerprint density at radius 1 is 1.14 bits per heavy atom. The van der Waals surface area contributed by atoms with Crippen molar-refractivity contribution >= 4 is 11.9 Å².